The average molecular weight is 409 g/mol. The fraction of sp³-hybridized carbons (Fsp3) is 0.824. The first-order valence-corrected chi connectivity index (χ1v) is 10.1. The van der Waals surface area contributed by atoms with E-state index in [0.717, 1.165) is 0 Å². The fourth-order valence-corrected chi connectivity index (χ4v) is 2.65. The second kappa shape index (κ2) is 14.7. The molecule has 0 radical (unpaired) electrons. The van der Waals surface area contributed by atoms with Crippen molar-refractivity contribution in [1.29, 1.82) is 0 Å². The Balaban J connectivity index is 3.79. The van der Waals surface area contributed by atoms with E-state index in [9.17, 15) is 19.5 Å². The lowest BCUT2D eigenvalue weighted by molar-refractivity contribution is -0.154. The van der Waals surface area contributed by atoms with Gasteiger partial charge in [0.05, 0.1) is 18.9 Å². The Kier molecular flexibility index (Phi) is 13.9. The lowest BCUT2D eigenvalue weighted by Crippen LogP contribution is -2.39. The Hall–Kier alpha value is -1.36. The fourth-order valence-electron chi connectivity index (χ4n) is 1.67. The van der Waals surface area contributed by atoms with Gasteiger partial charge in [0.25, 0.3) is 0 Å². The molecule has 0 spiro atoms. The van der Waals surface area contributed by atoms with E-state index in [1.807, 2.05) is 6.92 Å². The van der Waals surface area contributed by atoms with Crippen LogP contribution in [0.3, 0.4) is 0 Å². The summed E-state index contributed by atoms with van der Waals surface area (Å²) in [5.41, 5.74) is 5.14. The molecule has 0 aliphatic heterocycles. The van der Waals surface area contributed by atoms with Gasteiger partial charge in [0.15, 0.2) is 0 Å². The lowest BCUT2D eigenvalue weighted by atomic mass is 10.1. The molecule has 0 fully saturated rings. The van der Waals surface area contributed by atoms with Gasteiger partial charge in [0.1, 0.15) is 25.5 Å². The number of esters is 2. The number of carbonyl (C=O) groups is 3. The normalized spacial score (nSPS) is 15.3. The molecule has 0 aliphatic rings. The van der Waals surface area contributed by atoms with E-state index in [1.54, 1.807) is 13.8 Å². The number of nitrogens with two attached hydrogens (primary N) is 1. The first kappa shape index (κ1) is 25.6. The van der Waals surface area contributed by atoms with Crippen LogP contribution in [-0.4, -0.2) is 71.7 Å². The number of aliphatic hydroxyl groups excluding tert-OH is 2. The molecular formula is C17H32N2O7S. The van der Waals surface area contributed by atoms with Gasteiger partial charge in [-0.25, -0.2) is 0 Å². The van der Waals surface area contributed by atoms with Gasteiger partial charge in [0.2, 0.25) is 5.91 Å². The van der Waals surface area contributed by atoms with Crippen molar-refractivity contribution in [2.24, 2.45) is 17.6 Å². The summed E-state index contributed by atoms with van der Waals surface area (Å²) in [4.78, 5) is 34.8. The predicted molar refractivity (Wildman–Crippen MR) is 102 cm³/mol. The SMILES string of the molecule is CCC(C)C(=O)OCC(O)COC(=O)CCSCC(C)C(=O)NCC(N)O. The molecule has 0 heterocycles. The summed E-state index contributed by atoms with van der Waals surface area (Å²) in [5, 5.41) is 21.1. The van der Waals surface area contributed by atoms with Gasteiger partial charge in [-0.05, 0) is 6.42 Å². The van der Waals surface area contributed by atoms with Gasteiger partial charge in [-0.3, -0.25) is 14.4 Å². The Morgan fingerprint density at radius 3 is 2.33 bits per heavy atom. The molecule has 0 aromatic heterocycles. The molecule has 0 aromatic rings. The highest BCUT2D eigenvalue weighted by Gasteiger charge is 2.16. The van der Waals surface area contributed by atoms with Crippen molar-refractivity contribution >= 4 is 29.6 Å². The largest absolute Gasteiger partial charge is 0.463 e. The molecule has 4 unspecified atom stereocenters. The van der Waals surface area contributed by atoms with Crippen molar-refractivity contribution in [2.75, 3.05) is 31.3 Å². The number of nitrogens with one attached hydrogen (secondary N) is 1. The minimum Gasteiger partial charge on any atom is -0.463 e. The standard InChI is InChI=1S/C17H32N2O7S/c1-4-11(2)17(24)26-9-13(20)8-25-15(22)5-6-27-10-12(3)16(23)19-7-14(18)21/h11-14,20-21H,4-10,18H2,1-3H3,(H,19,23). The minimum absolute atomic E-state index is 0.00480. The molecule has 9 nitrogen and oxygen atoms in total. The minimum atomic E-state index is -1.09. The number of carbonyl (C=O) groups excluding carboxylic acids is 3. The third kappa shape index (κ3) is 13.5. The Morgan fingerprint density at radius 1 is 1.11 bits per heavy atom. The van der Waals surface area contributed by atoms with Crippen LogP contribution in [0.4, 0.5) is 0 Å². The van der Waals surface area contributed by atoms with Crippen LogP contribution in [-0.2, 0) is 23.9 Å². The van der Waals surface area contributed by atoms with E-state index >= 15 is 0 Å². The average Bonchev–Trinajstić information content (AvgIpc) is 2.64. The maximum Gasteiger partial charge on any atom is 0.308 e. The highest BCUT2D eigenvalue weighted by atomic mass is 32.2. The molecule has 0 aliphatic carbocycles. The van der Waals surface area contributed by atoms with E-state index < -0.39 is 24.3 Å². The summed E-state index contributed by atoms with van der Waals surface area (Å²) in [5.74, 6) is -0.627. The summed E-state index contributed by atoms with van der Waals surface area (Å²) in [6, 6.07) is 0. The van der Waals surface area contributed by atoms with E-state index in [0.29, 0.717) is 17.9 Å². The van der Waals surface area contributed by atoms with E-state index in [4.69, 9.17) is 20.3 Å². The van der Waals surface area contributed by atoms with Gasteiger partial charge in [-0.1, -0.05) is 20.8 Å². The van der Waals surface area contributed by atoms with Crippen LogP contribution in [0.15, 0.2) is 0 Å². The van der Waals surface area contributed by atoms with Crippen LogP contribution in [0.25, 0.3) is 0 Å². The van der Waals surface area contributed by atoms with E-state index in [1.165, 1.54) is 11.8 Å². The first-order valence-electron chi connectivity index (χ1n) is 8.96. The zero-order valence-corrected chi connectivity index (χ0v) is 17.0. The van der Waals surface area contributed by atoms with Crippen molar-refractivity contribution in [1.82, 2.24) is 5.32 Å². The maximum absolute atomic E-state index is 11.7. The number of ether oxygens (including phenoxy) is 2. The van der Waals surface area contributed by atoms with Crippen molar-refractivity contribution in [3.8, 4) is 0 Å². The molecule has 0 saturated heterocycles. The molecule has 0 saturated carbocycles. The van der Waals surface area contributed by atoms with Gasteiger partial charge in [0, 0.05) is 17.4 Å². The number of rotatable bonds is 14. The molecule has 0 rings (SSSR count). The second-order valence-corrected chi connectivity index (χ2v) is 7.46. The number of aliphatic hydroxyl groups is 2. The van der Waals surface area contributed by atoms with Gasteiger partial charge >= 0.3 is 11.9 Å². The zero-order chi connectivity index (χ0) is 20.8. The predicted octanol–water partition coefficient (Wildman–Crippen LogP) is -0.367. The topological polar surface area (TPSA) is 148 Å². The summed E-state index contributed by atoms with van der Waals surface area (Å²) in [6.45, 7) is 4.88. The molecule has 5 N–H and O–H groups in total. The summed E-state index contributed by atoms with van der Waals surface area (Å²) in [7, 11) is 0. The number of amides is 1. The van der Waals surface area contributed by atoms with Crippen molar-refractivity contribution in [2.45, 2.75) is 45.9 Å². The van der Waals surface area contributed by atoms with E-state index in [2.05, 4.69) is 5.32 Å². The Morgan fingerprint density at radius 2 is 1.74 bits per heavy atom. The third-order valence-corrected chi connectivity index (χ3v) is 4.85. The molecule has 27 heavy (non-hydrogen) atoms. The van der Waals surface area contributed by atoms with Crippen molar-refractivity contribution < 1.29 is 34.1 Å². The van der Waals surface area contributed by atoms with Crippen LogP contribution in [0.1, 0.15) is 33.6 Å². The third-order valence-electron chi connectivity index (χ3n) is 3.62. The quantitative estimate of drug-likeness (QED) is 0.172. The molecule has 1 amide bonds. The zero-order valence-electron chi connectivity index (χ0n) is 16.2. The number of thioether (sulfide) groups is 1. The maximum atomic E-state index is 11.7. The van der Waals surface area contributed by atoms with Gasteiger partial charge in [-0.2, -0.15) is 11.8 Å². The van der Waals surface area contributed by atoms with Crippen LogP contribution in [0.5, 0.6) is 0 Å². The van der Waals surface area contributed by atoms with Crippen molar-refractivity contribution in [3.63, 3.8) is 0 Å². The van der Waals surface area contributed by atoms with E-state index in [-0.39, 0.29) is 43.9 Å². The summed E-state index contributed by atoms with van der Waals surface area (Å²) >= 11 is 1.42. The highest BCUT2D eigenvalue weighted by Crippen LogP contribution is 2.10. The van der Waals surface area contributed by atoms with Crippen molar-refractivity contribution in [3.05, 3.63) is 0 Å². The van der Waals surface area contributed by atoms with Crippen LogP contribution in [0, 0.1) is 11.8 Å². The molecule has 10 heteroatoms. The second-order valence-electron chi connectivity index (χ2n) is 6.31. The van der Waals surface area contributed by atoms with Crippen LogP contribution >= 0.6 is 11.8 Å². The van der Waals surface area contributed by atoms with Crippen LogP contribution < -0.4 is 11.1 Å². The monoisotopic (exact) mass is 408 g/mol. The molecule has 0 bridgehead atoms. The first-order chi connectivity index (χ1) is 12.7. The smallest absolute Gasteiger partial charge is 0.308 e. The molecular weight excluding hydrogens is 376 g/mol. The summed E-state index contributed by atoms with van der Waals surface area (Å²) in [6.07, 6.45) is -1.36. The molecule has 158 valence electrons. The number of hydrogen-bond donors (Lipinski definition) is 4. The molecule has 0 aromatic carbocycles. The van der Waals surface area contributed by atoms with Gasteiger partial charge < -0.3 is 30.7 Å². The Bertz CT molecular complexity index is 463. The highest BCUT2D eigenvalue weighted by molar-refractivity contribution is 7.99. The Labute approximate surface area is 164 Å². The summed E-state index contributed by atoms with van der Waals surface area (Å²) < 4.78 is 9.85. The lowest BCUT2D eigenvalue weighted by Gasteiger charge is -2.14. The number of hydrogen-bond acceptors (Lipinski definition) is 9. The van der Waals surface area contributed by atoms with Gasteiger partial charge in [-0.15, -0.1) is 0 Å². The van der Waals surface area contributed by atoms with Crippen LogP contribution in [0.2, 0.25) is 0 Å². The molecule has 4 atom stereocenters.